The maximum atomic E-state index is 13.4. The van der Waals surface area contributed by atoms with Crippen LogP contribution in [-0.2, 0) is 15.0 Å². The molecule has 1 aliphatic heterocycles. The average Bonchev–Trinajstić information content (AvgIpc) is 2.77. The predicted octanol–water partition coefficient (Wildman–Crippen LogP) is 5.78. The quantitative estimate of drug-likeness (QED) is 0.613. The first-order chi connectivity index (χ1) is 16.1. The minimum absolute atomic E-state index is 0.0180. The summed E-state index contributed by atoms with van der Waals surface area (Å²) in [7, 11) is 1.62. The largest absolute Gasteiger partial charge is 0.493 e. The number of carbonyl (C=O) groups excluding carboxylic acids is 2. The molecule has 0 aromatic heterocycles. The molecule has 5 nitrogen and oxygen atoms in total. The Morgan fingerprint density at radius 3 is 2.21 bits per heavy atom. The SMILES string of the molecule is COc1cc(C2CC(=O)C3=C(C2)NC(=O)CC3c2ccc(C(C)(C)C)cc2)ccc1OC(C)C. The molecule has 4 rings (SSSR count). The number of Topliss-reactive ketones (excluding diaryl/α,β-unsaturated/α-hetero) is 1. The van der Waals surface area contributed by atoms with Gasteiger partial charge < -0.3 is 14.8 Å². The van der Waals surface area contributed by atoms with Gasteiger partial charge in [-0.05, 0) is 60.4 Å². The average molecular weight is 462 g/mol. The molecule has 0 saturated carbocycles. The Kier molecular flexibility index (Phi) is 6.57. The van der Waals surface area contributed by atoms with Crippen molar-refractivity contribution in [2.45, 2.75) is 77.2 Å². The molecule has 1 amide bonds. The first-order valence-electron chi connectivity index (χ1n) is 12.1. The molecule has 0 spiro atoms. The van der Waals surface area contributed by atoms with Crippen molar-refractivity contribution in [2.24, 2.45) is 0 Å². The number of amides is 1. The van der Waals surface area contributed by atoms with E-state index in [9.17, 15) is 9.59 Å². The molecule has 1 heterocycles. The van der Waals surface area contributed by atoms with Gasteiger partial charge in [-0.2, -0.15) is 0 Å². The maximum Gasteiger partial charge on any atom is 0.225 e. The molecular weight excluding hydrogens is 426 g/mol. The van der Waals surface area contributed by atoms with Gasteiger partial charge in [0.1, 0.15) is 0 Å². The van der Waals surface area contributed by atoms with Crippen LogP contribution >= 0.6 is 0 Å². The number of carbonyl (C=O) groups is 2. The molecular formula is C29H35NO4. The van der Waals surface area contributed by atoms with Crippen LogP contribution in [0.2, 0.25) is 0 Å². The van der Waals surface area contributed by atoms with Gasteiger partial charge in [-0.15, -0.1) is 0 Å². The maximum absolute atomic E-state index is 13.4. The summed E-state index contributed by atoms with van der Waals surface area (Å²) in [5.74, 6) is 1.21. The number of rotatable bonds is 5. The van der Waals surface area contributed by atoms with Crippen LogP contribution in [0.1, 0.15) is 82.4 Å². The van der Waals surface area contributed by atoms with E-state index in [2.05, 4.69) is 50.4 Å². The van der Waals surface area contributed by atoms with Crippen molar-refractivity contribution >= 4 is 11.7 Å². The summed E-state index contributed by atoms with van der Waals surface area (Å²) >= 11 is 0. The highest BCUT2D eigenvalue weighted by molar-refractivity contribution is 6.02. The van der Waals surface area contributed by atoms with Crippen LogP contribution in [0.5, 0.6) is 11.5 Å². The highest BCUT2D eigenvalue weighted by Gasteiger charge is 2.38. The second-order valence-electron chi connectivity index (χ2n) is 10.7. The lowest BCUT2D eigenvalue weighted by molar-refractivity contribution is -0.122. The van der Waals surface area contributed by atoms with Crippen molar-refractivity contribution < 1.29 is 19.1 Å². The van der Waals surface area contributed by atoms with Crippen LogP contribution in [-0.4, -0.2) is 24.9 Å². The van der Waals surface area contributed by atoms with E-state index < -0.39 is 0 Å². The van der Waals surface area contributed by atoms with Gasteiger partial charge in [-0.3, -0.25) is 9.59 Å². The first kappa shape index (κ1) is 24.1. The highest BCUT2D eigenvalue weighted by Crippen LogP contribution is 2.44. The molecule has 0 saturated heterocycles. The molecule has 180 valence electrons. The molecule has 5 heteroatoms. The lowest BCUT2D eigenvalue weighted by atomic mass is 9.73. The molecule has 2 aromatic carbocycles. The third kappa shape index (κ3) is 4.89. The van der Waals surface area contributed by atoms with Gasteiger partial charge in [0.15, 0.2) is 17.3 Å². The molecule has 0 radical (unpaired) electrons. The van der Waals surface area contributed by atoms with Crippen molar-refractivity contribution in [3.8, 4) is 11.5 Å². The van der Waals surface area contributed by atoms with Gasteiger partial charge in [0.2, 0.25) is 5.91 Å². The number of nitrogens with one attached hydrogen (secondary N) is 1. The standard InChI is InChI=1S/C29H35NO4/c1-17(2)34-25-12-9-19(15-26(25)33-6)20-13-23-28(24(31)14-20)22(16-27(32)30-23)18-7-10-21(11-8-18)29(3,4)5/h7-12,15,17,20,22H,13-14,16H2,1-6H3,(H,30,32). The number of allylic oxidation sites excluding steroid dienone is 2. The van der Waals surface area contributed by atoms with E-state index in [1.807, 2.05) is 32.0 Å². The van der Waals surface area contributed by atoms with E-state index in [4.69, 9.17) is 9.47 Å². The zero-order valence-electron chi connectivity index (χ0n) is 21.0. The molecule has 1 N–H and O–H groups in total. The normalized spacial score (nSPS) is 20.8. The number of ether oxygens (including phenoxy) is 2. The summed E-state index contributed by atoms with van der Waals surface area (Å²) in [5.41, 5.74) is 4.87. The van der Waals surface area contributed by atoms with Gasteiger partial charge in [-0.1, -0.05) is 51.1 Å². The van der Waals surface area contributed by atoms with Crippen molar-refractivity contribution in [1.29, 1.82) is 0 Å². The minimum atomic E-state index is -0.192. The third-order valence-electron chi connectivity index (χ3n) is 6.74. The molecule has 2 aromatic rings. The first-order valence-corrected chi connectivity index (χ1v) is 12.1. The molecule has 0 fully saturated rings. The molecule has 2 unspecified atom stereocenters. The zero-order chi connectivity index (χ0) is 24.6. The van der Waals surface area contributed by atoms with Crippen molar-refractivity contribution in [3.05, 3.63) is 70.4 Å². The zero-order valence-corrected chi connectivity index (χ0v) is 21.0. The molecule has 2 atom stereocenters. The number of methoxy groups -OCH3 is 1. The monoisotopic (exact) mass is 461 g/mol. The summed E-state index contributed by atoms with van der Waals surface area (Å²) in [6.45, 7) is 10.5. The van der Waals surface area contributed by atoms with Crippen molar-refractivity contribution in [3.63, 3.8) is 0 Å². The topological polar surface area (TPSA) is 64.6 Å². The van der Waals surface area contributed by atoms with Gasteiger partial charge in [0, 0.05) is 30.0 Å². The Morgan fingerprint density at radius 2 is 1.59 bits per heavy atom. The number of ketones is 1. The Bertz CT molecular complexity index is 1120. The summed E-state index contributed by atoms with van der Waals surface area (Å²) in [6, 6.07) is 14.2. The highest BCUT2D eigenvalue weighted by atomic mass is 16.5. The fourth-order valence-electron chi connectivity index (χ4n) is 4.99. The summed E-state index contributed by atoms with van der Waals surface area (Å²) in [6.07, 6.45) is 1.38. The van der Waals surface area contributed by atoms with Crippen LogP contribution < -0.4 is 14.8 Å². The second-order valence-corrected chi connectivity index (χ2v) is 10.7. The molecule has 34 heavy (non-hydrogen) atoms. The van der Waals surface area contributed by atoms with Crippen LogP contribution in [0.25, 0.3) is 0 Å². The van der Waals surface area contributed by atoms with E-state index in [1.54, 1.807) is 7.11 Å². The fraction of sp³-hybridized carbons (Fsp3) is 0.448. The third-order valence-corrected chi connectivity index (χ3v) is 6.74. The Morgan fingerprint density at radius 1 is 0.912 bits per heavy atom. The predicted molar refractivity (Wildman–Crippen MR) is 133 cm³/mol. The summed E-state index contributed by atoms with van der Waals surface area (Å²) in [4.78, 5) is 26.1. The Hall–Kier alpha value is -3.08. The molecule has 0 bridgehead atoms. The van der Waals surface area contributed by atoms with Gasteiger partial charge in [0.05, 0.1) is 13.2 Å². The Balaban J connectivity index is 1.64. The molecule has 2 aliphatic rings. The number of benzene rings is 2. The van der Waals surface area contributed by atoms with E-state index in [1.165, 1.54) is 5.56 Å². The van der Waals surface area contributed by atoms with E-state index in [-0.39, 0.29) is 35.0 Å². The summed E-state index contributed by atoms with van der Waals surface area (Å²) in [5, 5.41) is 3.01. The smallest absolute Gasteiger partial charge is 0.225 e. The number of hydrogen-bond acceptors (Lipinski definition) is 4. The summed E-state index contributed by atoms with van der Waals surface area (Å²) < 4.78 is 11.4. The molecule has 1 aliphatic carbocycles. The van der Waals surface area contributed by atoms with E-state index in [0.29, 0.717) is 30.8 Å². The van der Waals surface area contributed by atoms with Crippen molar-refractivity contribution in [2.75, 3.05) is 7.11 Å². The van der Waals surface area contributed by atoms with E-state index >= 15 is 0 Å². The number of hydrogen-bond donors (Lipinski definition) is 1. The van der Waals surface area contributed by atoms with Crippen LogP contribution in [0, 0.1) is 0 Å². The lowest BCUT2D eigenvalue weighted by Crippen LogP contribution is -2.38. The van der Waals surface area contributed by atoms with Gasteiger partial charge in [-0.25, -0.2) is 0 Å². The van der Waals surface area contributed by atoms with Crippen molar-refractivity contribution in [1.82, 2.24) is 5.32 Å². The van der Waals surface area contributed by atoms with Crippen LogP contribution in [0.15, 0.2) is 53.7 Å². The fourth-order valence-corrected chi connectivity index (χ4v) is 4.99. The van der Waals surface area contributed by atoms with E-state index in [0.717, 1.165) is 22.4 Å². The second kappa shape index (κ2) is 9.28. The lowest BCUT2D eigenvalue weighted by Gasteiger charge is -2.35. The van der Waals surface area contributed by atoms with Crippen LogP contribution in [0.4, 0.5) is 0 Å². The van der Waals surface area contributed by atoms with Gasteiger partial charge in [0.25, 0.3) is 0 Å². The minimum Gasteiger partial charge on any atom is -0.493 e. The van der Waals surface area contributed by atoms with Crippen LogP contribution in [0.3, 0.4) is 0 Å². The van der Waals surface area contributed by atoms with Gasteiger partial charge >= 0.3 is 0 Å². The Labute approximate surface area is 202 Å².